The van der Waals surface area contributed by atoms with E-state index in [0.717, 1.165) is 0 Å². The number of methoxy groups -OCH3 is 1. The van der Waals surface area contributed by atoms with Crippen molar-refractivity contribution in [2.24, 2.45) is 5.10 Å². The Balaban J connectivity index is 1.67. The van der Waals surface area contributed by atoms with E-state index in [9.17, 15) is 9.59 Å². The lowest BCUT2D eigenvalue weighted by Crippen LogP contribution is -2.16. The fraction of sp³-hybridized carbons (Fsp3) is 0.0500. The average molecular weight is 478 g/mol. The molecule has 2 aromatic carbocycles. The average Bonchev–Trinajstić information content (AvgIpc) is 3.15. The van der Waals surface area contributed by atoms with Gasteiger partial charge in [-0.3, -0.25) is 4.79 Å². The van der Waals surface area contributed by atoms with Gasteiger partial charge in [0.1, 0.15) is 0 Å². The fourth-order valence-electron chi connectivity index (χ4n) is 2.25. The number of rotatable bonds is 6. The summed E-state index contributed by atoms with van der Waals surface area (Å²) in [5.74, 6) is -0.339. The van der Waals surface area contributed by atoms with Crippen LogP contribution in [0.1, 0.15) is 26.5 Å². The Bertz CT molecular complexity index is 1060. The van der Waals surface area contributed by atoms with Crippen molar-refractivity contribution in [1.82, 2.24) is 5.43 Å². The SMILES string of the molecule is COc1cc(C=NNC(=O)c2ccc(Br)o2)ccc1OC(=O)c1ccc(Cl)cc1. The van der Waals surface area contributed by atoms with Gasteiger partial charge in [-0.2, -0.15) is 5.10 Å². The number of esters is 1. The van der Waals surface area contributed by atoms with Crippen LogP contribution in [0.3, 0.4) is 0 Å². The minimum atomic E-state index is -0.543. The zero-order valence-electron chi connectivity index (χ0n) is 15.0. The highest BCUT2D eigenvalue weighted by molar-refractivity contribution is 9.10. The predicted octanol–water partition coefficient (Wildman–Crippen LogP) is 4.69. The van der Waals surface area contributed by atoms with Crippen LogP contribution in [0.4, 0.5) is 0 Å². The Morgan fingerprint density at radius 1 is 1.10 bits per heavy atom. The molecule has 0 aliphatic heterocycles. The number of nitrogens with zero attached hydrogens (tertiary/aromatic N) is 1. The number of hydrogen-bond donors (Lipinski definition) is 1. The molecule has 1 aromatic heterocycles. The third kappa shape index (κ3) is 5.46. The van der Waals surface area contributed by atoms with Crippen LogP contribution < -0.4 is 14.9 Å². The topological polar surface area (TPSA) is 90.1 Å². The van der Waals surface area contributed by atoms with E-state index in [0.29, 0.717) is 26.6 Å². The molecule has 0 fully saturated rings. The monoisotopic (exact) mass is 476 g/mol. The van der Waals surface area contributed by atoms with Crippen molar-refractivity contribution in [1.29, 1.82) is 0 Å². The standard InChI is InChI=1S/C20H14BrClN2O5/c1-27-17-10-12(11-23-24-19(25)16-8-9-18(21)28-16)2-7-15(17)29-20(26)13-3-5-14(22)6-4-13/h2-11H,1H3,(H,24,25). The Morgan fingerprint density at radius 2 is 1.86 bits per heavy atom. The molecule has 29 heavy (non-hydrogen) atoms. The summed E-state index contributed by atoms with van der Waals surface area (Å²) in [5.41, 5.74) is 3.33. The van der Waals surface area contributed by atoms with Gasteiger partial charge >= 0.3 is 11.9 Å². The minimum Gasteiger partial charge on any atom is -0.493 e. The van der Waals surface area contributed by atoms with Crippen molar-refractivity contribution in [3.8, 4) is 11.5 Å². The molecule has 0 radical (unpaired) electrons. The first-order valence-corrected chi connectivity index (χ1v) is 9.38. The summed E-state index contributed by atoms with van der Waals surface area (Å²) in [7, 11) is 1.45. The number of amides is 1. The van der Waals surface area contributed by atoms with Crippen LogP contribution in [0.25, 0.3) is 0 Å². The van der Waals surface area contributed by atoms with Gasteiger partial charge in [0, 0.05) is 5.02 Å². The number of carbonyl (C=O) groups excluding carboxylic acids is 2. The molecule has 3 rings (SSSR count). The lowest BCUT2D eigenvalue weighted by atomic mass is 10.2. The first-order valence-electron chi connectivity index (χ1n) is 8.21. The van der Waals surface area contributed by atoms with Crippen molar-refractivity contribution < 1.29 is 23.5 Å². The Labute approximate surface area is 179 Å². The van der Waals surface area contributed by atoms with E-state index in [1.807, 2.05) is 0 Å². The van der Waals surface area contributed by atoms with Crippen LogP contribution in [0.15, 0.2) is 68.8 Å². The molecule has 1 N–H and O–H groups in total. The molecule has 3 aromatic rings. The summed E-state index contributed by atoms with van der Waals surface area (Å²) in [6, 6.07) is 14.3. The smallest absolute Gasteiger partial charge is 0.343 e. The van der Waals surface area contributed by atoms with E-state index in [4.69, 9.17) is 25.5 Å². The highest BCUT2D eigenvalue weighted by Gasteiger charge is 2.13. The third-order valence-electron chi connectivity index (χ3n) is 3.65. The molecule has 0 saturated heterocycles. The fourth-order valence-corrected chi connectivity index (χ4v) is 2.68. The third-order valence-corrected chi connectivity index (χ3v) is 4.33. The maximum Gasteiger partial charge on any atom is 0.343 e. The second-order valence-electron chi connectivity index (χ2n) is 5.61. The molecule has 0 spiro atoms. The van der Waals surface area contributed by atoms with Crippen molar-refractivity contribution in [3.05, 3.63) is 81.2 Å². The van der Waals surface area contributed by atoms with Crippen molar-refractivity contribution in [2.75, 3.05) is 7.11 Å². The van der Waals surface area contributed by atoms with Gasteiger partial charge in [-0.1, -0.05) is 11.6 Å². The molecular weight excluding hydrogens is 464 g/mol. The highest BCUT2D eigenvalue weighted by atomic mass is 79.9. The molecule has 7 nitrogen and oxygen atoms in total. The molecule has 0 bridgehead atoms. The summed E-state index contributed by atoms with van der Waals surface area (Å²) in [6.45, 7) is 0. The van der Waals surface area contributed by atoms with Crippen LogP contribution >= 0.6 is 27.5 Å². The number of hydrogen-bond acceptors (Lipinski definition) is 6. The predicted molar refractivity (Wildman–Crippen MR) is 111 cm³/mol. The van der Waals surface area contributed by atoms with Gasteiger partial charge in [-0.05, 0) is 76.1 Å². The molecule has 0 atom stereocenters. The quantitative estimate of drug-likeness (QED) is 0.241. The van der Waals surface area contributed by atoms with Crippen LogP contribution in [0, 0.1) is 0 Å². The highest BCUT2D eigenvalue weighted by Crippen LogP contribution is 2.28. The zero-order valence-corrected chi connectivity index (χ0v) is 17.4. The molecule has 0 aliphatic rings. The molecule has 0 unspecified atom stereocenters. The number of nitrogens with one attached hydrogen (secondary N) is 1. The van der Waals surface area contributed by atoms with E-state index < -0.39 is 11.9 Å². The lowest BCUT2D eigenvalue weighted by molar-refractivity contribution is 0.0729. The van der Waals surface area contributed by atoms with Gasteiger partial charge in [0.15, 0.2) is 21.9 Å². The summed E-state index contributed by atoms with van der Waals surface area (Å²) in [4.78, 5) is 24.1. The summed E-state index contributed by atoms with van der Waals surface area (Å²) >= 11 is 8.94. The zero-order chi connectivity index (χ0) is 20.8. The maximum atomic E-state index is 12.3. The van der Waals surface area contributed by atoms with Gasteiger partial charge in [0.25, 0.3) is 0 Å². The van der Waals surface area contributed by atoms with E-state index in [-0.39, 0.29) is 11.5 Å². The van der Waals surface area contributed by atoms with Crippen LogP contribution in [0.5, 0.6) is 11.5 Å². The molecular formula is C20H14BrClN2O5. The Morgan fingerprint density at radius 3 is 2.52 bits per heavy atom. The normalized spacial score (nSPS) is 10.7. The van der Waals surface area contributed by atoms with Gasteiger partial charge in [0.05, 0.1) is 18.9 Å². The number of ether oxygens (including phenoxy) is 2. The van der Waals surface area contributed by atoms with Gasteiger partial charge in [0.2, 0.25) is 0 Å². The molecule has 1 heterocycles. The summed E-state index contributed by atoms with van der Waals surface area (Å²) in [6.07, 6.45) is 1.42. The first-order chi connectivity index (χ1) is 14.0. The largest absolute Gasteiger partial charge is 0.493 e. The van der Waals surface area contributed by atoms with Crippen molar-refractivity contribution in [2.45, 2.75) is 0 Å². The van der Waals surface area contributed by atoms with Crippen LogP contribution in [0.2, 0.25) is 5.02 Å². The van der Waals surface area contributed by atoms with E-state index >= 15 is 0 Å². The lowest BCUT2D eigenvalue weighted by Gasteiger charge is -2.10. The van der Waals surface area contributed by atoms with Gasteiger partial charge in [-0.25, -0.2) is 10.2 Å². The second kappa shape index (κ2) is 9.40. The number of carbonyl (C=O) groups is 2. The number of benzene rings is 2. The number of halogens is 2. The molecule has 0 aliphatic carbocycles. The summed E-state index contributed by atoms with van der Waals surface area (Å²) in [5, 5.41) is 4.40. The number of hydrazone groups is 1. The Kier molecular flexibility index (Phi) is 6.69. The Hall–Kier alpha value is -3.10. The van der Waals surface area contributed by atoms with Gasteiger partial charge in [-0.15, -0.1) is 0 Å². The van der Waals surface area contributed by atoms with Crippen molar-refractivity contribution in [3.63, 3.8) is 0 Å². The minimum absolute atomic E-state index is 0.121. The van der Waals surface area contributed by atoms with E-state index in [1.165, 1.54) is 19.4 Å². The van der Waals surface area contributed by atoms with Crippen molar-refractivity contribution >= 4 is 45.6 Å². The summed E-state index contributed by atoms with van der Waals surface area (Å²) < 4.78 is 16.2. The van der Waals surface area contributed by atoms with Crippen LogP contribution in [-0.2, 0) is 0 Å². The molecule has 148 valence electrons. The van der Waals surface area contributed by atoms with Crippen LogP contribution in [-0.4, -0.2) is 25.2 Å². The first kappa shape index (κ1) is 20.6. The van der Waals surface area contributed by atoms with Gasteiger partial charge < -0.3 is 13.9 Å². The van der Waals surface area contributed by atoms with E-state index in [1.54, 1.807) is 48.5 Å². The molecule has 1 amide bonds. The number of furan rings is 1. The second-order valence-corrected chi connectivity index (χ2v) is 6.83. The maximum absolute atomic E-state index is 12.3. The molecule has 0 saturated carbocycles. The molecule has 9 heteroatoms. The van der Waals surface area contributed by atoms with E-state index in [2.05, 4.69) is 26.5 Å².